The molecule has 2 heterocycles. The van der Waals surface area contributed by atoms with Crippen molar-refractivity contribution in [2.75, 3.05) is 22.7 Å². The summed E-state index contributed by atoms with van der Waals surface area (Å²) in [6, 6.07) is 16.8. The minimum atomic E-state index is -3.83. The molecule has 1 aromatic heterocycles. The predicted molar refractivity (Wildman–Crippen MR) is 116 cm³/mol. The number of Topliss-reactive ketones (excluding diaryl/α,β-unsaturated/α-hetero) is 1. The molecule has 0 bridgehead atoms. The summed E-state index contributed by atoms with van der Waals surface area (Å²) < 4.78 is 28.1. The van der Waals surface area contributed by atoms with Crippen molar-refractivity contribution >= 4 is 27.3 Å². The maximum Gasteiger partial charge on any atom is 0.261 e. The van der Waals surface area contributed by atoms with Crippen LogP contribution in [0.2, 0.25) is 0 Å². The molecule has 1 fully saturated rings. The van der Waals surface area contributed by atoms with E-state index >= 15 is 0 Å². The minimum Gasteiger partial charge on any atom is -0.355 e. The number of anilines is 2. The molecule has 0 spiro atoms. The summed E-state index contributed by atoms with van der Waals surface area (Å²) in [5, 5.41) is 8.63. The van der Waals surface area contributed by atoms with Gasteiger partial charge in [0.2, 0.25) is 0 Å². The third-order valence-corrected chi connectivity index (χ3v) is 6.42. The highest BCUT2D eigenvalue weighted by Crippen LogP contribution is 2.25. The second kappa shape index (κ2) is 8.23. The number of rotatable bonds is 6. The van der Waals surface area contributed by atoms with E-state index in [1.54, 1.807) is 30.3 Å². The monoisotopic (exact) mass is 422 g/mol. The number of carbonyl (C=O) groups is 1. The third-order valence-electron chi connectivity index (χ3n) is 5.04. The molecule has 0 radical (unpaired) electrons. The van der Waals surface area contributed by atoms with E-state index in [1.807, 2.05) is 18.2 Å². The summed E-state index contributed by atoms with van der Waals surface area (Å²) in [4.78, 5) is 13.8. The molecule has 0 saturated carbocycles. The Balaban J connectivity index is 1.56. The second-order valence-electron chi connectivity index (χ2n) is 7.24. The van der Waals surface area contributed by atoms with Gasteiger partial charge in [0.1, 0.15) is 0 Å². The highest BCUT2D eigenvalue weighted by Gasteiger charge is 2.17. The molecule has 0 amide bonds. The van der Waals surface area contributed by atoms with Crippen LogP contribution >= 0.6 is 0 Å². The van der Waals surface area contributed by atoms with Crippen LogP contribution < -0.4 is 9.62 Å². The normalized spacial score (nSPS) is 14.0. The van der Waals surface area contributed by atoms with Crippen molar-refractivity contribution in [3.63, 3.8) is 0 Å². The van der Waals surface area contributed by atoms with Crippen molar-refractivity contribution in [2.45, 2.75) is 24.7 Å². The lowest BCUT2D eigenvalue weighted by Crippen LogP contribution is -2.19. The van der Waals surface area contributed by atoms with Gasteiger partial charge in [-0.25, -0.2) is 8.42 Å². The predicted octanol–water partition coefficient (Wildman–Crippen LogP) is 3.75. The highest BCUT2D eigenvalue weighted by atomic mass is 32.2. The Morgan fingerprint density at radius 2 is 1.73 bits per heavy atom. The maximum atomic E-state index is 12.8. The van der Waals surface area contributed by atoms with Crippen LogP contribution in [0.3, 0.4) is 0 Å². The van der Waals surface area contributed by atoms with Crippen LogP contribution in [0.1, 0.15) is 30.1 Å². The van der Waals surface area contributed by atoms with E-state index in [0.717, 1.165) is 24.5 Å². The topological polar surface area (TPSA) is 92.3 Å². The lowest BCUT2D eigenvalue weighted by Gasteiger charge is -2.15. The Morgan fingerprint density at radius 3 is 2.43 bits per heavy atom. The fraction of sp³-hybridized carbons (Fsp3) is 0.227. The fourth-order valence-corrected chi connectivity index (χ4v) is 4.53. The van der Waals surface area contributed by atoms with Gasteiger partial charge < -0.3 is 4.90 Å². The molecule has 4 rings (SSSR count). The molecular formula is C22H22N4O3S. The van der Waals surface area contributed by atoms with Crippen LogP contribution in [0.5, 0.6) is 0 Å². The van der Waals surface area contributed by atoms with Crippen molar-refractivity contribution in [1.82, 2.24) is 10.2 Å². The molecule has 0 aliphatic carbocycles. The molecule has 7 nitrogen and oxygen atoms in total. The molecule has 0 atom stereocenters. The zero-order valence-electron chi connectivity index (χ0n) is 16.6. The number of nitrogens with zero attached hydrogens (tertiary/aromatic N) is 3. The van der Waals surface area contributed by atoms with Gasteiger partial charge in [0.15, 0.2) is 11.6 Å². The largest absolute Gasteiger partial charge is 0.355 e. The number of carbonyl (C=O) groups excluding carboxylic acids is 1. The minimum absolute atomic E-state index is 0.0374. The zero-order chi connectivity index (χ0) is 21.1. The van der Waals surface area contributed by atoms with Crippen molar-refractivity contribution in [2.24, 2.45) is 0 Å². The first-order valence-electron chi connectivity index (χ1n) is 9.75. The van der Waals surface area contributed by atoms with Crippen LogP contribution in [0.15, 0.2) is 65.6 Å². The van der Waals surface area contributed by atoms with Gasteiger partial charge in [0.05, 0.1) is 10.6 Å². The molecule has 8 heteroatoms. The average molecular weight is 423 g/mol. The van der Waals surface area contributed by atoms with Crippen LogP contribution in [0.25, 0.3) is 11.3 Å². The molecule has 3 aromatic rings. The molecule has 30 heavy (non-hydrogen) atoms. The summed E-state index contributed by atoms with van der Waals surface area (Å²) in [7, 11) is -3.83. The van der Waals surface area contributed by atoms with Crippen molar-refractivity contribution in [3.8, 4) is 11.3 Å². The second-order valence-corrected chi connectivity index (χ2v) is 8.92. The first-order chi connectivity index (χ1) is 14.4. The first-order valence-corrected chi connectivity index (χ1v) is 11.2. The number of benzene rings is 2. The summed E-state index contributed by atoms with van der Waals surface area (Å²) in [6.45, 7) is 3.39. The summed E-state index contributed by atoms with van der Waals surface area (Å²) in [6.07, 6.45) is 2.34. The Labute approximate surface area is 175 Å². The van der Waals surface area contributed by atoms with Crippen LogP contribution in [0.4, 0.5) is 11.5 Å². The third kappa shape index (κ3) is 4.33. The number of hydrogen-bond donors (Lipinski definition) is 1. The lowest BCUT2D eigenvalue weighted by molar-refractivity contribution is 0.101. The van der Waals surface area contributed by atoms with Crippen molar-refractivity contribution in [3.05, 3.63) is 66.2 Å². The van der Waals surface area contributed by atoms with E-state index in [1.165, 1.54) is 31.9 Å². The SMILES string of the molecule is CC(=O)c1cccc(S(=O)(=O)Nc2cccc(-c3ccc(N4CCCC4)nn3)c2)c1. The molecule has 2 aromatic carbocycles. The molecule has 1 aliphatic heterocycles. The highest BCUT2D eigenvalue weighted by molar-refractivity contribution is 7.92. The average Bonchev–Trinajstić information content (AvgIpc) is 3.29. The molecule has 154 valence electrons. The number of sulfonamides is 1. The van der Waals surface area contributed by atoms with E-state index in [0.29, 0.717) is 16.9 Å². The zero-order valence-corrected chi connectivity index (χ0v) is 17.4. The standard InChI is InChI=1S/C22H22N4O3S/c1-16(27)17-6-5-9-20(15-17)30(28,29)25-19-8-4-7-18(14-19)21-10-11-22(24-23-21)26-12-2-3-13-26/h4-11,14-15,25H,2-3,12-13H2,1H3. The number of hydrogen-bond acceptors (Lipinski definition) is 6. The Bertz CT molecular complexity index is 1170. The molecule has 1 N–H and O–H groups in total. The summed E-state index contributed by atoms with van der Waals surface area (Å²) in [5.74, 6) is 0.670. The van der Waals surface area contributed by atoms with E-state index < -0.39 is 10.0 Å². The molecular weight excluding hydrogens is 400 g/mol. The van der Waals surface area contributed by atoms with Crippen molar-refractivity contribution in [1.29, 1.82) is 0 Å². The number of aromatic nitrogens is 2. The van der Waals surface area contributed by atoms with Gasteiger partial charge >= 0.3 is 0 Å². The lowest BCUT2D eigenvalue weighted by atomic mass is 10.1. The van der Waals surface area contributed by atoms with Crippen molar-refractivity contribution < 1.29 is 13.2 Å². The van der Waals surface area contributed by atoms with E-state index in [4.69, 9.17) is 0 Å². The summed E-state index contributed by atoms with van der Waals surface area (Å²) >= 11 is 0. The smallest absolute Gasteiger partial charge is 0.261 e. The van der Waals surface area contributed by atoms with Gasteiger partial charge in [-0.15, -0.1) is 10.2 Å². The van der Waals surface area contributed by atoms with Gasteiger partial charge in [0, 0.05) is 29.9 Å². The molecule has 1 aliphatic rings. The van der Waals surface area contributed by atoms with E-state index in [-0.39, 0.29) is 10.7 Å². The number of nitrogens with one attached hydrogen (secondary N) is 1. The van der Waals surface area contributed by atoms with Gasteiger partial charge in [-0.2, -0.15) is 0 Å². The van der Waals surface area contributed by atoms with Gasteiger partial charge in [0.25, 0.3) is 10.0 Å². The Morgan fingerprint density at radius 1 is 0.967 bits per heavy atom. The number of ketones is 1. The maximum absolute atomic E-state index is 12.8. The Kier molecular flexibility index (Phi) is 5.50. The summed E-state index contributed by atoms with van der Waals surface area (Å²) in [5.41, 5.74) is 2.18. The molecule has 0 unspecified atom stereocenters. The van der Waals surface area contributed by atoms with Gasteiger partial charge in [-0.1, -0.05) is 24.3 Å². The van der Waals surface area contributed by atoms with Crippen LogP contribution in [-0.2, 0) is 10.0 Å². The van der Waals surface area contributed by atoms with Crippen LogP contribution in [0, 0.1) is 0 Å². The van der Waals surface area contributed by atoms with Gasteiger partial charge in [-0.3, -0.25) is 9.52 Å². The first kappa shape index (κ1) is 20.0. The van der Waals surface area contributed by atoms with E-state index in [2.05, 4.69) is 19.8 Å². The van der Waals surface area contributed by atoms with Crippen LogP contribution in [-0.4, -0.2) is 37.5 Å². The fourth-order valence-electron chi connectivity index (χ4n) is 3.43. The Hall–Kier alpha value is -3.26. The quantitative estimate of drug-likeness (QED) is 0.608. The van der Waals surface area contributed by atoms with E-state index in [9.17, 15) is 13.2 Å². The molecule has 1 saturated heterocycles. The van der Waals surface area contributed by atoms with Gasteiger partial charge in [-0.05, 0) is 56.2 Å².